The summed E-state index contributed by atoms with van der Waals surface area (Å²) in [6.07, 6.45) is 18.6. The van der Waals surface area contributed by atoms with Gasteiger partial charge in [0.15, 0.2) is 22.8 Å². The number of fused-ring (bicyclic) bond motifs is 4. The third-order valence-corrected chi connectivity index (χ3v) is 21.1. The summed E-state index contributed by atoms with van der Waals surface area (Å²) in [5.74, 6) is 0.405. The van der Waals surface area contributed by atoms with E-state index in [0.717, 1.165) is 194 Å². The molecule has 600 valence electrons. The summed E-state index contributed by atoms with van der Waals surface area (Å²) in [6, 6.07) is 79.3. The van der Waals surface area contributed by atoms with Crippen molar-refractivity contribution in [2.75, 3.05) is 73.7 Å². The summed E-state index contributed by atoms with van der Waals surface area (Å²) in [6.45, 7) is 10.8. The van der Waals surface area contributed by atoms with Crippen LogP contribution in [0, 0.1) is 0 Å². The molecule has 0 aliphatic carbocycles. The average molecular weight is 1600 g/mol. The van der Waals surface area contributed by atoms with Gasteiger partial charge in [-0.15, -0.1) is 0 Å². The highest BCUT2D eigenvalue weighted by atomic mass is 16.5. The molecule has 121 heavy (non-hydrogen) atoms. The molecule has 9 aromatic carbocycles. The number of carbonyl (C=O) groups is 4. The van der Waals surface area contributed by atoms with Crippen molar-refractivity contribution in [3.8, 4) is 56.0 Å². The number of anilines is 4. The van der Waals surface area contributed by atoms with Gasteiger partial charge in [-0.25, -0.2) is 0 Å². The van der Waals surface area contributed by atoms with E-state index in [9.17, 15) is 19.2 Å². The number of amides is 4. The Kier molecular flexibility index (Phi) is 24.3. The zero-order valence-corrected chi connectivity index (χ0v) is 66.1. The summed E-state index contributed by atoms with van der Waals surface area (Å²) in [5, 5.41) is 43.5. The van der Waals surface area contributed by atoms with E-state index in [0.29, 0.717) is 28.5 Å². The molecule has 3 fully saturated rings. The van der Waals surface area contributed by atoms with Crippen LogP contribution in [-0.4, -0.2) is 152 Å². The predicted octanol–water partition coefficient (Wildman–Crippen LogP) is 17.9. The molecule has 4 amide bonds. The second kappa shape index (κ2) is 37.5. The van der Waals surface area contributed by atoms with Gasteiger partial charge in [-0.1, -0.05) is 115 Å². The van der Waals surface area contributed by atoms with Crippen molar-refractivity contribution in [2.45, 2.75) is 38.9 Å². The number of pyridine rings is 4. The van der Waals surface area contributed by atoms with Crippen molar-refractivity contribution in [3.63, 3.8) is 0 Å². The van der Waals surface area contributed by atoms with Crippen LogP contribution in [-0.2, 0) is 24.4 Å². The van der Waals surface area contributed by atoms with Crippen LogP contribution in [0.4, 0.5) is 22.7 Å². The van der Waals surface area contributed by atoms with E-state index < -0.39 is 0 Å². The van der Waals surface area contributed by atoms with E-state index >= 15 is 0 Å². The molecule has 3 aliphatic heterocycles. The zero-order valence-electron chi connectivity index (χ0n) is 66.1. The number of H-pyrrole nitrogens is 4. The maximum Gasteiger partial charge on any atom is 0.276 e. The van der Waals surface area contributed by atoms with E-state index in [4.69, 9.17) is 9.47 Å². The Labute approximate surface area is 696 Å². The lowest BCUT2D eigenvalue weighted by Gasteiger charge is -2.30. The van der Waals surface area contributed by atoms with Crippen LogP contribution in [0.1, 0.15) is 77.9 Å². The van der Waals surface area contributed by atoms with Crippen molar-refractivity contribution < 1.29 is 28.7 Å². The second-order valence-corrected chi connectivity index (χ2v) is 29.7. The Hall–Kier alpha value is -15.0. The van der Waals surface area contributed by atoms with Crippen LogP contribution < -0.4 is 26.0 Å². The summed E-state index contributed by atoms with van der Waals surface area (Å²) in [5.41, 5.74) is 19.2. The van der Waals surface area contributed by atoms with Gasteiger partial charge in [0.05, 0.1) is 41.5 Å². The van der Waals surface area contributed by atoms with Crippen LogP contribution in [0.3, 0.4) is 0 Å². The lowest BCUT2D eigenvalue weighted by molar-refractivity contribution is 0.0341. The number of morpholine rings is 1. The number of ether oxygens (including phenoxy) is 2. The highest BCUT2D eigenvalue weighted by Gasteiger charge is 2.23. The van der Waals surface area contributed by atoms with Gasteiger partial charge in [-0.2, -0.15) is 20.4 Å². The number of benzene rings is 9. The summed E-state index contributed by atoms with van der Waals surface area (Å²) in [7, 11) is 0. The molecule has 17 aromatic rings. The highest BCUT2D eigenvalue weighted by Crippen LogP contribution is 2.34. The molecule has 8 aromatic heterocycles. The fraction of sp³-hybridized carbons (Fsp3) is 0.146. The minimum Gasteiger partial charge on any atom is -0.456 e. The van der Waals surface area contributed by atoms with E-state index in [1.165, 1.54) is 30.4 Å². The topological polar surface area (TPSA) is 311 Å². The van der Waals surface area contributed by atoms with Crippen molar-refractivity contribution in [3.05, 3.63) is 338 Å². The van der Waals surface area contributed by atoms with E-state index in [1.807, 2.05) is 268 Å². The maximum atomic E-state index is 12.8. The first-order valence-electron chi connectivity index (χ1n) is 40.2. The highest BCUT2D eigenvalue weighted by molar-refractivity contribution is 6.14. The standard InChI is InChI=1S/C25H18N4O2.C24H23N5O2.C24H23N5O.C23H21N5O/c30-25(27-19-7-3-1-4-8-19)24-22-14-17(11-12-23(22)28-29-24)18-13-21(16-26-15-18)31-20-9-5-2-6-10-20;30-24(26-20-4-2-1-3-5-20)23-21-13-18(6-7-22(21)27-28-23)19-12-17(14-25-15-19)16-29-8-10-31-11-9-29;30-24(26-20-6-2-1-3-7-20)23-21-13-18(8-9-22(21)27-28-23)19-12-17(14-25-15-19)16-29-10-4-5-11-29;29-23(25-19-5-2-1-3-6-19)22-20-12-17(7-8-21(20)26-27-22)18-11-16(13-24-14-18)15-28-9-4-10-28/h1-16H,(H,27,30)(H,28,29);1-7,12-15H,8-11,16H2,(H,26,30)(H,27,28);1-3,6-9,12-15H,4-5,10-11,16H2,(H,26,30)(H,27,28);1-3,5-8,11-14H,4,9-10,15H2,(H,25,29)(H,26,27). The zero-order chi connectivity index (χ0) is 82.1. The quantitative estimate of drug-likeness (QED) is 0.0352. The fourth-order valence-electron chi connectivity index (χ4n) is 14.8. The number of aromatic amines is 4. The van der Waals surface area contributed by atoms with Gasteiger partial charge in [0.1, 0.15) is 11.5 Å². The number of likely N-dealkylation sites (tertiary alicyclic amines) is 2. The van der Waals surface area contributed by atoms with Crippen LogP contribution in [0.2, 0.25) is 0 Å². The smallest absolute Gasteiger partial charge is 0.276 e. The number of nitrogens with one attached hydrogen (secondary N) is 8. The largest absolute Gasteiger partial charge is 0.456 e. The molecule has 11 heterocycles. The van der Waals surface area contributed by atoms with Gasteiger partial charge in [0.25, 0.3) is 23.6 Å². The fourth-order valence-corrected chi connectivity index (χ4v) is 14.8. The normalized spacial score (nSPS) is 13.4. The minimum atomic E-state index is -0.270. The number of carbonyl (C=O) groups excluding carboxylic acids is 4. The molecule has 25 nitrogen and oxygen atoms in total. The third kappa shape index (κ3) is 19.7. The SMILES string of the molecule is O=C(Nc1ccccc1)c1n[nH]c2ccc(-c3cncc(CN4CCC4)c3)cc12.O=C(Nc1ccccc1)c1n[nH]c2ccc(-c3cncc(CN4CCCC4)c3)cc12.O=C(Nc1ccccc1)c1n[nH]c2ccc(-c3cncc(CN4CCOCC4)c3)cc12.O=C(Nc1ccccc1)c1n[nH]c2ccc(-c3cncc(Oc4ccccc4)c3)cc12. The van der Waals surface area contributed by atoms with Gasteiger partial charge in [0, 0.05) is 143 Å². The van der Waals surface area contributed by atoms with E-state index in [-0.39, 0.29) is 23.6 Å². The Morgan fingerprint density at radius 2 is 0.587 bits per heavy atom. The number of nitrogens with zero attached hydrogens (tertiary/aromatic N) is 11. The molecule has 3 aliphatic rings. The Bertz CT molecular complexity index is 6450. The van der Waals surface area contributed by atoms with Gasteiger partial charge < -0.3 is 30.7 Å². The van der Waals surface area contributed by atoms with Gasteiger partial charge >= 0.3 is 0 Å². The Morgan fingerprint density at radius 1 is 0.298 bits per heavy atom. The molecule has 0 atom stereocenters. The first-order valence-corrected chi connectivity index (χ1v) is 40.2. The van der Waals surface area contributed by atoms with Crippen LogP contribution in [0.5, 0.6) is 11.5 Å². The summed E-state index contributed by atoms with van der Waals surface area (Å²) >= 11 is 0. The molecule has 0 saturated carbocycles. The van der Waals surface area contributed by atoms with Crippen molar-refractivity contribution in [2.24, 2.45) is 0 Å². The second-order valence-electron chi connectivity index (χ2n) is 29.7. The maximum absolute atomic E-state index is 12.8. The predicted molar refractivity (Wildman–Crippen MR) is 472 cm³/mol. The lowest BCUT2D eigenvalue weighted by atomic mass is 10.0. The molecule has 0 spiro atoms. The first-order chi connectivity index (χ1) is 59.5. The molecule has 25 heteroatoms. The molecule has 8 N–H and O–H groups in total. The molecular formula is C96H85N19O6. The Morgan fingerprint density at radius 3 is 0.901 bits per heavy atom. The van der Waals surface area contributed by atoms with Crippen LogP contribution >= 0.6 is 0 Å². The third-order valence-electron chi connectivity index (χ3n) is 21.1. The molecule has 0 bridgehead atoms. The monoisotopic (exact) mass is 1600 g/mol. The first kappa shape index (κ1) is 78.5. The van der Waals surface area contributed by atoms with E-state index in [1.54, 1.807) is 12.4 Å². The van der Waals surface area contributed by atoms with Crippen LogP contribution in [0.15, 0.2) is 298 Å². The molecule has 20 rings (SSSR count). The number of para-hydroxylation sites is 5. The average Bonchev–Trinajstić information content (AvgIpc) is 1.70. The van der Waals surface area contributed by atoms with E-state index in [2.05, 4.69) is 115 Å². The molecule has 3 saturated heterocycles. The Balaban J connectivity index is 0.000000115. The number of hydrogen-bond donors (Lipinski definition) is 8. The summed E-state index contributed by atoms with van der Waals surface area (Å²) in [4.78, 5) is 76.0. The van der Waals surface area contributed by atoms with Crippen molar-refractivity contribution in [1.29, 1.82) is 0 Å². The van der Waals surface area contributed by atoms with Crippen molar-refractivity contribution >= 4 is 90.0 Å². The van der Waals surface area contributed by atoms with Gasteiger partial charge in [-0.3, -0.25) is 74.2 Å². The van der Waals surface area contributed by atoms with Gasteiger partial charge in [0.2, 0.25) is 0 Å². The molecule has 0 unspecified atom stereocenters. The number of hydrogen-bond acceptors (Lipinski definition) is 17. The summed E-state index contributed by atoms with van der Waals surface area (Å²) < 4.78 is 11.3. The number of rotatable bonds is 20. The molecular weight excluding hydrogens is 1520 g/mol. The lowest BCUT2D eigenvalue weighted by Crippen LogP contribution is -2.36. The molecule has 0 radical (unpaired) electrons. The minimum absolute atomic E-state index is 0.231. The van der Waals surface area contributed by atoms with Gasteiger partial charge in [-0.05, 0) is 218 Å². The number of aromatic nitrogens is 12. The van der Waals surface area contributed by atoms with Crippen LogP contribution in [0.25, 0.3) is 88.1 Å². The van der Waals surface area contributed by atoms with Crippen molar-refractivity contribution in [1.82, 2.24) is 75.4 Å².